The van der Waals surface area contributed by atoms with Crippen LogP contribution in [0, 0.1) is 6.92 Å². The van der Waals surface area contributed by atoms with E-state index < -0.39 is 10.4 Å². The molecule has 0 saturated heterocycles. The fourth-order valence-corrected chi connectivity index (χ4v) is 2.31. The Hall–Kier alpha value is -1.51. The Morgan fingerprint density at radius 3 is 2.30 bits per heavy atom. The molecule has 1 rings (SSSR count). The highest BCUT2D eigenvalue weighted by Crippen LogP contribution is 2.10. The third-order valence-electron chi connectivity index (χ3n) is 3.16. The van der Waals surface area contributed by atoms with Gasteiger partial charge in [-0.1, -0.05) is 0 Å². The monoisotopic (exact) mass is 346 g/mol. The molecule has 0 radical (unpaired) electrons. The maximum atomic E-state index is 11.7. The van der Waals surface area contributed by atoms with Gasteiger partial charge in [0.25, 0.3) is 0 Å². The second-order valence-electron chi connectivity index (χ2n) is 5.09. The van der Waals surface area contributed by atoms with Crippen LogP contribution in [0.2, 0.25) is 0 Å². The van der Waals surface area contributed by atoms with E-state index in [1.807, 2.05) is 19.1 Å². The number of ketones is 2. The molecule has 1 heterocycles. The molecular formula is C15H22O7S. The lowest BCUT2D eigenvalue weighted by atomic mass is 10.1. The molecule has 23 heavy (non-hydrogen) atoms. The van der Waals surface area contributed by atoms with Gasteiger partial charge in [0, 0.05) is 32.1 Å². The van der Waals surface area contributed by atoms with Crippen LogP contribution < -0.4 is 0 Å². The van der Waals surface area contributed by atoms with Crippen LogP contribution >= 0.6 is 0 Å². The maximum absolute atomic E-state index is 11.7. The first kappa shape index (κ1) is 19.5. The van der Waals surface area contributed by atoms with Crippen molar-refractivity contribution in [2.75, 3.05) is 13.7 Å². The molecule has 1 aromatic heterocycles. The molecule has 0 bridgehead atoms. The minimum absolute atomic E-state index is 0.00520. The Balaban J connectivity index is 2.11. The van der Waals surface area contributed by atoms with Gasteiger partial charge in [-0.25, -0.2) is 4.18 Å². The molecule has 0 N–H and O–H groups in total. The van der Waals surface area contributed by atoms with Crippen molar-refractivity contribution in [2.24, 2.45) is 0 Å². The number of Topliss-reactive ketones (excluding diaryl/α,β-unsaturated/α-hetero) is 2. The van der Waals surface area contributed by atoms with E-state index in [1.165, 1.54) is 0 Å². The van der Waals surface area contributed by atoms with Crippen LogP contribution in [0.15, 0.2) is 16.5 Å². The first-order chi connectivity index (χ1) is 10.8. The van der Waals surface area contributed by atoms with Crippen molar-refractivity contribution in [1.29, 1.82) is 0 Å². The third kappa shape index (κ3) is 8.63. The van der Waals surface area contributed by atoms with Gasteiger partial charge in [-0.3, -0.25) is 13.8 Å². The van der Waals surface area contributed by atoms with Crippen LogP contribution in [0.1, 0.15) is 43.6 Å². The van der Waals surface area contributed by atoms with Gasteiger partial charge in [0.15, 0.2) is 0 Å². The topological polar surface area (TPSA) is 99.9 Å². The summed E-state index contributed by atoms with van der Waals surface area (Å²) in [6.45, 7) is 1.72. The van der Waals surface area contributed by atoms with E-state index in [1.54, 1.807) is 0 Å². The largest absolute Gasteiger partial charge is 0.466 e. The molecule has 0 spiro atoms. The number of hydrogen-bond donors (Lipinski definition) is 0. The van der Waals surface area contributed by atoms with Crippen molar-refractivity contribution < 1.29 is 30.8 Å². The zero-order chi connectivity index (χ0) is 17.3. The van der Waals surface area contributed by atoms with Crippen molar-refractivity contribution in [3.05, 3.63) is 23.7 Å². The fraction of sp³-hybridized carbons (Fsp3) is 0.600. The predicted octanol–water partition coefficient (Wildman–Crippen LogP) is 2.13. The maximum Gasteiger partial charge on any atom is 0.399 e. The van der Waals surface area contributed by atoms with E-state index in [9.17, 15) is 18.0 Å². The Morgan fingerprint density at radius 1 is 1.09 bits per heavy atom. The van der Waals surface area contributed by atoms with Crippen molar-refractivity contribution >= 4 is 22.0 Å². The van der Waals surface area contributed by atoms with E-state index in [2.05, 4.69) is 8.37 Å². The third-order valence-corrected chi connectivity index (χ3v) is 4.02. The van der Waals surface area contributed by atoms with Crippen molar-refractivity contribution in [1.82, 2.24) is 0 Å². The standard InChI is InChI=1S/C15H22O7S/c1-12-5-9-15(22-12)10-8-14(17)7-6-13(16)4-3-11-21-23(18,19)20-2/h5,9H,3-4,6-8,10-11H2,1-2H3. The van der Waals surface area contributed by atoms with Crippen LogP contribution in [0.3, 0.4) is 0 Å². The number of rotatable bonds is 12. The van der Waals surface area contributed by atoms with Crippen LogP contribution in [0.25, 0.3) is 0 Å². The summed E-state index contributed by atoms with van der Waals surface area (Å²) >= 11 is 0. The van der Waals surface area contributed by atoms with Crippen LogP contribution in [-0.4, -0.2) is 33.7 Å². The second kappa shape index (κ2) is 9.59. The lowest BCUT2D eigenvalue weighted by molar-refractivity contribution is -0.124. The smallest absolute Gasteiger partial charge is 0.399 e. The van der Waals surface area contributed by atoms with Gasteiger partial charge in [0.2, 0.25) is 0 Å². The Bertz CT molecular complexity index is 616. The lowest BCUT2D eigenvalue weighted by Crippen LogP contribution is -2.10. The van der Waals surface area contributed by atoms with Crippen molar-refractivity contribution in [3.8, 4) is 0 Å². The van der Waals surface area contributed by atoms with E-state index in [0.717, 1.165) is 18.6 Å². The molecule has 0 unspecified atom stereocenters. The van der Waals surface area contributed by atoms with Gasteiger partial charge < -0.3 is 4.42 Å². The molecule has 130 valence electrons. The molecule has 7 nitrogen and oxygen atoms in total. The zero-order valence-corrected chi connectivity index (χ0v) is 14.2. The lowest BCUT2D eigenvalue weighted by Gasteiger charge is -2.03. The molecule has 0 atom stereocenters. The normalized spacial score (nSPS) is 11.6. The van der Waals surface area contributed by atoms with E-state index >= 15 is 0 Å². The molecule has 8 heteroatoms. The molecule has 0 aliphatic heterocycles. The molecule has 1 aromatic rings. The minimum Gasteiger partial charge on any atom is -0.466 e. The summed E-state index contributed by atoms with van der Waals surface area (Å²) in [6, 6.07) is 3.68. The Morgan fingerprint density at radius 2 is 1.74 bits per heavy atom. The molecule has 0 aliphatic rings. The van der Waals surface area contributed by atoms with Gasteiger partial charge >= 0.3 is 10.4 Å². The Kier molecular flexibility index (Phi) is 8.15. The summed E-state index contributed by atoms with van der Waals surface area (Å²) in [7, 11) is -2.95. The van der Waals surface area contributed by atoms with Crippen LogP contribution in [-0.2, 0) is 34.8 Å². The molecule has 0 aliphatic carbocycles. The molecule has 0 amide bonds. The predicted molar refractivity (Wildman–Crippen MR) is 82.1 cm³/mol. The van der Waals surface area contributed by atoms with Gasteiger partial charge in [-0.15, -0.1) is 0 Å². The molecular weight excluding hydrogens is 324 g/mol. The van der Waals surface area contributed by atoms with Gasteiger partial charge in [0.1, 0.15) is 23.1 Å². The fourth-order valence-electron chi connectivity index (χ4n) is 1.89. The van der Waals surface area contributed by atoms with Crippen molar-refractivity contribution in [2.45, 2.75) is 45.4 Å². The van der Waals surface area contributed by atoms with E-state index in [4.69, 9.17) is 4.42 Å². The highest BCUT2D eigenvalue weighted by molar-refractivity contribution is 7.81. The summed E-state index contributed by atoms with van der Waals surface area (Å²) in [6.07, 6.45) is 1.66. The number of carbonyl (C=O) groups excluding carboxylic acids is 2. The zero-order valence-electron chi connectivity index (χ0n) is 13.4. The highest BCUT2D eigenvalue weighted by atomic mass is 32.3. The summed E-state index contributed by atoms with van der Waals surface area (Å²) < 4.78 is 35.7. The molecule has 0 aromatic carbocycles. The van der Waals surface area contributed by atoms with E-state index in [-0.39, 0.29) is 43.9 Å². The molecule has 0 saturated carbocycles. The van der Waals surface area contributed by atoms with Gasteiger partial charge in [-0.05, 0) is 25.5 Å². The van der Waals surface area contributed by atoms with Crippen LogP contribution in [0.5, 0.6) is 0 Å². The quantitative estimate of drug-likeness (QED) is 0.534. The van der Waals surface area contributed by atoms with Gasteiger partial charge in [0.05, 0.1) is 13.7 Å². The number of hydrogen-bond acceptors (Lipinski definition) is 7. The van der Waals surface area contributed by atoms with Crippen molar-refractivity contribution in [3.63, 3.8) is 0 Å². The summed E-state index contributed by atoms with van der Waals surface area (Å²) in [4.78, 5) is 23.3. The summed E-state index contributed by atoms with van der Waals surface area (Å²) in [5, 5.41) is 0. The minimum atomic E-state index is -3.95. The van der Waals surface area contributed by atoms with Crippen LogP contribution in [0.4, 0.5) is 0 Å². The first-order valence-corrected chi connectivity index (χ1v) is 8.69. The Labute approximate surface area is 136 Å². The van der Waals surface area contributed by atoms with E-state index in [0.29, 0.717) is 12.8 Å². The average molecular weight is 346 g/mol. The SMILES string of the molecule is COS(=O)(=O)OCCCC(=O)CCC(=O)CCc1ccc(C)o1. The summed E-state index contributed by atoms with van der Waals surface area (Å²) in [5.41, 5.74) is 0. The summed E-state index contributed by atoms with van der Waals surface area (Å²) in [5.74, 6) is 1.48. The number of furan rings is 1. The number of carbonyl (C=O) groups is 2. The number of aryl methyl sites for hydroxylation is 2. The second-order valence-corrected chi connectivity index (χ2v) is 6.48. The first-order valence-electron chi connectivity index (χ1n) is 7.36. The molecule has 0 fully saturated rings. The van der Waals surface area contributed by atoms with Gasteiger partial charge in [-0.2, -0.15) is 8.42 Å². The average Bonchev–Trinajstić information content (AvgIpc) is 2.93. The highest BCUT2D eigenvalue weighted by Gasteiger charge is 2.11.